The van der Waals surface area contributed by atoms with Gasteiger partial charge in [-0.25, -0.2) is 0 Å². The van der Waals surface area contributed by atoms with E-state index in [2.05, 4.69) is 0 Å². The molecular weight excluding hydrogens is 219 g/mol. The van der Waals surface area contributed by atoms with Gasteiger partial charge in [0, 0.05) is 12.8 Å². The Morgan fingerprint density at radius 1 is 1.25 bits per heavy atom. The number of benzene rings is 1. The summed E-state index contributed by atoms with van der Waals surface area (Å²) in [4.78, 5) is 10.9. The summed E-state index contributed by atoms with van der Waals surface area (Å²) >= 11 is 0. The van der Waals surface area contributed by atoms with Crippen molar-refractivity contribution >= 4 is 5.78 Å². The third-order valence-electron chi connectivity index (χ3n) is 2.79. The van der Waals surface area contributed by atoms with Crippen LogP contribution in [0.4, 0.5) is 13.2 Å². The Morgan fingerprint density at radius 3 is 2.38 bits per heavy atom. The number of halogens is 3. The average Bonchev–Trinajstić information content (AvgIpc) is 2.14. The highest BCUT2D eigenvalue weighted by Crippen LogP contribution is 2.38. The third kappa shape index (κ3) is 1.82. The van der Waals surface area contributed by atoms with E-state index >= 15 is 0 Å². The fraction of sp³-hybridized carbons (Fsp3) is 0.364. The van der Waals surface area contributed by atoms with Crippen molar-refractivity contribution in [3.05, 3.63) is 35.4 Å². The molecule has 0 unspecified atom stereocenters. The molecule has 86 valence electrons. The van der Waals surface area contributed by atoms with Crippen LogP contribution in [0.25, 0.3) is 0 Å². The molecule has 1 saturated carbocycles. The predicted octanol–water partition coefficient (Wildman–Crippen LogP) is 2.22. The molecule has 0 saturated heterocycles. The summed E-state index contributed by atoms with van der Waals surface area (Å²) < 4.78 is 37.3. The van der Waals surface area contributed by atoms with Crippen LogP contribution < -0.4 is 5.73 Å². The maximum atomic E-state index is 12.4. The molecule has 0 radical (unpaired) electrons. The van der Waals surface area contributed by atoms with E-state index in [1.807, 2.05) is 0 Å². The molecule has 1 aromatic rings. The van der Waals surface area contributed by atoms with E-state index in [9.17, 15) is 18.0 Å². The standard InChI is InChI=1S/C11H10F3NO/c12-11(13,14)8-3-1-2-7(4-8)10(15)5-9(16)6-10/h1-4H,5-6,15H2. The Balaban J connectivity index is 2.33. The largest absolute Gasteiger partial charge is 0.416 e. The number of hydrogen-bond donors (Lipinski definition) is 1. The zero-order valence-corrected chi connectivity index (χ0v) is 8.34. The molecular formula is C11H10F3NO. The molecule has 0 aromatic heterocycles. The summed E-state index contributed by atoms with van der Waals surface area (Å²) in [5.74, 6) is -0.0140. The summed E-state index contributed by atoms with van der Waals surface area (Å²) in [6.07, 6.45) is -4.14. The van der Waals surface area contributed by atoms with Crippen molar-refractivity contribution in [2.24, 2.45) is 5.73 Å². The van der Waals surface area contributed by atoms with E-state index in [0.29, 0.717) is 5.56 Å². The van der Waals surface area contributed by atoms with E-state index in [-0.39, 0.29) is 18.6 Å². The molecule has 0 atom stereocenters. The molecule has 0 spiro atoms. The molecule has 0 amide bonds. The van der Waals surface area contributed by atoms with Gasteiger partial charge in [0.2, 0.25) is 0 Å². The molecule has 2 rings (SSSR count). The quantitative estimate of drug-likeness (QED) is 0.802. The van der Waals surface area contributed by atoms with E-state index in [1.54, 1.807) is 0 Å². The Morgan fingerprint density at radius 2 is 1.88 bits per heavy atom. The first kappa shape index (κ1) is 11.1. The van der Waals surface area contributed by atoms with E-state index in [4.69, 9.17) is 5.73 Å². The second-order valence-electron chi connectivity index (χ2n) is 4.13. The first-order valence-corrected chi connectivity index (χ1v) is 4.80. The van der Waals surface area contributed by atoms with Gasteiger partial charge in [-0.1, -0.05) is 12.1 Å². The van der Waals surface area contributed by atoms with Crippen LogP contribution in [0.5, 0.6) is 0 Å². The van der Waals surface area contributed by atoms with Gasteiger partial charge in [0.25, 0.3) is 0 Å². The SMILES string of the molecule is NC1(c2cccc(C(F)(F)F)c2)CC(=O)C1. The summed E-state index contributed by atoms with van der Waals surface area (Å²) in [6.45, 7) is 0. The summed E-state index contributed by atoms with van der Waals surface area (Å²) in [6, 6.07) is 4.86. The van der Waals surface area contributed by atoms with Crippen LogP contribution in [-0.4, -0.2) is 5.78 Å². The molecule has 0 heterocycles. The lowest BCUT2D eigenvalue weighted by Crippen LogP contribution is -2.49. The number of carbonyl (C=O) groups excluding carboxylic acids is 1. The first-order chi connectivity index (χ1) is 7.31. The minimum Gasteiger partial charge on any atom is -0.321 e. The molecule has 1 aromatic carbocycles. The van der Waals surface area contributed by atoms with E-state index < -0.39 is 17.3 Å². The van der Waals surface area contributed by atoms with Crippen LogP contribution in [0.3, 0.4) is 0 Å². The number of ketones is 1. The van der Waals surface area contributed by atoms with Gasteiger partial charge in [0.1, 0.15) is 5.78 Å². The smallest absolute Gasteiger partial charge is 0.321 e. The van der Waals surface area contributed by atoms with Crippen LogP contribution in [-0.2, 0) is 16.5 Å². The lowest BCUT2D eigenvalue weighted by molar-refractivity contribution is -0.137. The Bertz CT molecular complexity index is 431. The third-order valence-corrected chi connectivity index (χ3v) is 2.79. The van der Waals surface area contributed by atoms with Gasteiger partial charge in [-0.15, -0.1) is 0 Å². The van der Waals surface area contributed by atoms with E-state index in [1.165, 1.54) is 12.1 Å². The van der Waals surface area contributed by atoms with Gasteiger partial charge in [-0.2, -0.15) is 13.2 Å². The number of alkyl halides is 3. The monoisotopic (exact) mass is 229 g/mol. The van der Waals surface area contributed by atoms with Gasteiger partial charge in [-0.05, 0) is 17.7 Å². The fourth-order valence-electron chi connectivity index (χ4n) is 1.86. The average molecular weight is 229 g/mol. The van der Waals surface area contributed by atoms with Crippen molar-refractivity contribution in [3.8, 4) is 0 Å². The topological polar surface area (TPSA) is 43.1 Å². The fourth-order valence-corrected chi connectivity index (χ4v) is 1.86. The minimum absolute atomic E-state index is 0.0140. The number of nitrogens with two attached hydrogens (primary N) is 1. The van der Waals surface area contributed by atoms with Crippen LogP contribution >= 0.6 is 0 Å². The van der Waals surface area contributed by atoms with Gasteiger partial charge >= 0.3 is 6.18 Å². The predicted molar refractivity (Wildman–Crippen MR) is 51.6 cm³/mol. The van der Waals surface area contributed by atoms with Crippen LogP contribution in [0.1, 0.15) is 24.0 Å². The van der Waals surface area contributed by atoms with Crippen LogP contribution in [0.15, 0.2) is 24.3 Å². The Kier molecular flexibility index (Phi) is 2.31. The van der Waals surface area contributed by atoms with E-state index in [0.717, 1.165) is 12.1 Å². The van der Waals surface area contributed by atoms with Gasteiger partial charge in [0.15, 0.2) is 0 Å². The van der Waals surface area contributed by atoms with Gasteiger partial charge < -0.3 is 5.73 Å². The molecule has 1 aliphatic rings. The highest BCUT2D eigenvalue weighted by atomic mass is 19.4. The minimum atomic E-state index is -4.37. The summed E-state index contributed by atoms with van der Waals surface area (Å²) in [7, 11) is 0. The molecule has 16 heavy (non-hydrogen) atoms. The van der Waals surface area contributed by atoms with Crippen molar-refractivity contribution in [3.63, 3.8) is 0 Å². The van der Waals surface area contributed by atoms with Crippen molar-refractivity contribution in [2.75, 3.05) is 0 Å². The first-order valence-electron chi connectivity index (χ1n) is 4.80. The second-order valence-corrected chi connectivity index (χ2v) is 4.13. The maximum Gasteiger partial charge on any atom is 0.416 e. The van der Waals surface area contributed by atoms with Crippen molar-refractivity contribution < 1.29 is 18.0 Å². The molecule has 5 heteroatoms. The second kappa shape index (κ2) is 3.31. The molecule has 1 fully saturated rings. The number of hydrogen-bond acceptors (Lipinski definition) is 2. The highest BCUT2D eigenvalue weighted by Gasteiger charge is 2.42. The van der Waals surface area contributed by atoms with Crippen LogP contribution in [0, 0.1) is 0 Å². The zero-order chi connectivity index (χ0) is 12.0. The zero-order valence-electron chi connectivity index (χ0n) is 8.34. The highest BCUT2D eigenvalue weighted by molar-refractivity contribution is 5.88. The number of rotatable bonds is 1. The molecule has 0 bridgehead atoms. The van der Waals surface area contributed by atoms with Crippen molar-refractivity contribution in [1.29, 1.82) is 0 Å². The number of Topliss-reactive ketones (excluding diaryl/α,β-unsaturated/α-hetero) is 1. The van der Waals surface area contributed by atoms with Gasteiger partial charge in [-0.3, -0.25) is 4.79 Å². The lowest BCUT2D eigenvalue weighted by atomic mass is 9.71. The summed E-state index contributed by atoms with van der Waals surface area (Å²) in [5.41, 5.74) is 4.58. The van der Waals surface area contributed by atoms with Crippen LogP contribution in [0.2, 0.25) is 0 Å². The number of carbonyl (C=O) groups is 1. The van der Waals surface area contributed by atoms with Crippen molar-refractivity contribution in [2.45, 2.75) is 24.6 Å². The molecule has 2 N–H and O–H groups in total. The Hall–Kier alpha value is -1.36. The normalized spacial score (nSPS) is 19.4. The molecule has 1 aliphatic carbocycles. The maximum absolute atomic E-state index is 12.4. The lowest BCUT2D eigenvalue weighted by Gasteiger charge is -2.37. The summed E-state index contributed by atoms with van der Waals surface area (Å²) in [5, 5.41) is 0. The molecule has 0 aliphatic heterocycles. The molecule has 2 nitrogen and oxygen atoms in total. The van der Waals surface area contributed by atoms with Gasteiger partial charge in [0.05, 0.1) is 11.1 Å². The Labute approximate surface area is 90.2 Å². The van der Waals surface area contributed by atoms with Crippen molar-refractivity contribution in [1.82, 2.24) is 0 Å².